The van der Waals surface area contributed by atoms with Gasteiger partial charge in [0.1, 0.15) is 22.8 Å². The van der Waals surface area contributed by atoms with Crippen molar-refractivity contribution in [1.29, 1.82) is 0 Å². The normalized spacial score (nSPS) is 19.5. The molecule has 2 aliphatic rings. The lowest BCUT2D eigenvalue weighted by molar-refractivity contribution is -0.0341. The third kappa shape index (κ3) is 5.87. The van der Waals surface area contributed by atoms with Gasteiger partial charge in [0.15, 0.2) is 0 Å². The molecule has 0 aliphatic carbocycles. The lowest BCUT2D eigenvalue weighted by Crippen LogP contribution is -2.46. The van der Waals surface area contributed by atoms with Gasteiger partial charge in [0.2, 0.25) is 0 Å². The van der Waals surface area contributed by atoms with Crippen molar-refractivity contribution in [2.75, 3.05) is 44.8 Å². The highest BCUT2D eigenvalue weighted by Gasteiger charge is 2.35. The number of ether oxygens (including phenoxy) is 3. The van der Waals surface area contributed by atoms with Gasteiger partial charge in [0.25, 0.3) is 0 Å². The van der Waals surface area contributed by atoms with Crippen molar-refractivity contribution in [3.63, 3.8) is 0 Å². The summed E-state index contributed by atoms with van der Waals surface area (Å²) in [5, 5.41) is 10.5. The fourth-order valence-corrected chi connectivity index (χ4v) is 5.90. The van der Waals surface area contributed by atoms with E-state index < -0.39 is 0 Å². The van der Waals surface area contributed by atoms with Crippen LogP contribution < -0.4 is 14.4 Å². The van der Waals surface area contributed by atoms with Gasteiger partial charge in [-0.2, -0.15) is 0 Å². The summed E-state index contributed by atoms with van der Waals surface area (Å²) in [6.07, 6.45) is 1.75. The Kier molecular flexibility index (Phi) is 8.06. The number of anilines is 1. The number of phenols is 1. The zero-order valence-corrected chi connectivity index (χ0v) is 24.0. The Morgan fingerprint density at radius 3 is 2.44 bits per heavy atom. The van der Waals surface area contributed by atoms with E-state index in [-0.39, 0.29) is 5.60 Å². The van der Waals surface area contributed by atoms with Crippen LogP contribution in [0.5, 0.6) is 17.2 Å². The van der Waals surface area contributed by atoms with Crippen LogP contribution in [0.15, 0.2) is 48.5 Å². The van der Waals surface area contributed by atoms with E-state index in [0.29, 0.717) is 19.0 Å². The van der Waals surface area contributed by atoms with Crippen molar-refractivity contribution in [3.8, 4) is 17.2 Å². The summed E-state index contributed by atoms with van der Waals surface area (Å²) in [5.41, 5.74) is 7.29. The Hall–Kier alpha value is -3.22. The molecule has 0 radical (unpaired) electrons. The molecule has 1 fully saturated rings. The van der Waals surface area contributed by atoms with E-state index in [1.54, 1.807) is 7.11 Å². The molecule has 6 heteroatoms. The minimum Gasteiger partial charge on any atom is -0.507 e. The van der Waals surface area contributed by atoms with Crippen LogP contribution in [0.2, 0.25) is 0 Å². The fraction of sp³-hybridized carbons (Fsp3) is 0.455. The molecule has 5 rings (SSSR count). The second-order valence-electron chi connectivity index (χ2n) is 11.3. The second kappa shape index (κ2) is 11.5. The lowest BCUT2D eigenvalue weighted by atomic mass is 9.87. The van der Waals surface area contributed by atoms with Gasteiger partial charge in [-0.3, -0.25) is 4.90 Å². The minimum atomic E-state index is -0.383. The molecule has 0 bridgehead atoms. The van der Waals surface area contributed by atoms with Crippen LogP contribution in [0, 0.1) is 20.8 Å². The Morgan fingerprint density at radius 2 is 1.67 bits per heavy atom. The van der Waals surface area contributed by atoms with Gasteiger partial charge in [0, 0.05) is 38.3 Å². The summed E-state index contributed by atoms with van der Waals surface area (Å²) >= 11 is 0. The van der Waals surface area contributed by atoms with Crippen LogP contribution in [0.3, 0.4) is 0 Å². The van der Waals surface area contributed by atoms with Gasteiger partial charge >= 0.3 is 0 Å². The zero-order valence-electron chi connectivity index (χ0n) is 24.0. The molecule has 3 aromatic carbocycles. The fourth-order valence-electron chi connectivity index (χ4n) is 5.90. The maximum absolute atomic E-state index is 10.5. The molecule has 1 N–H and O–H groups in total. The molecule has 0 spiro atoms. The second-order valence-corrected chi connectivity index (χ2v) is 11.3. The number of piperazine rings is 1. The largest absolute Gasteiger partial charge is 0.507 e. The van der Waals surface area contributed by atoms with Crippen molar-refractivity contribution in [2.24, 2.45) is 0 Å². The molecule has 6 nitrogen and oxygen atoms in total. The molecule has 0 amide bonds. The Labute approximate surface area is 233 Å². The number of hydrogen-bond donors (Lipinski definition) is 1. The van der Waals surface area contributed by atoms with E-state index in [4.69, 9.17) is 14.2 Å². The highest BCUT2D eigenvalue weighted by atomic mass is 16.5. The Balaban J connectivity index is 1.14. The highest BCUT2D eigenvalue weighted by molar-refractivity contribution is 5.59. The summed E-state index contributed by atoms with van der Waals surface area (Å²) in [6, 6.07) is 17.0. The number of methoxy groups -OCH3 is 1. The summed E-state index contributed by atoms with van der Waals surface area (Å²) in [4.78, 5) is 4.93. The average Bonchev–Trinajstić information content (AvgIpc) is 2.95. The molecule has 1 atom stereocenters. The topological polar surface area (TPSA) is 54.4 Å². The highest BCUT2D eigenvalue weighted by Crippen LogP contribution is 2.43. The third-order valence-electron chi connectivity index (χ3n) is 8.46. The Morgan fingerprint density at radius 1 is 0.923 bits per heavy atom. The first-order valence-electron chi connectivity index (χ1n) is 14.0. The quantitative estimate of drug-likeness (QED) is 0.389. The van der Waals surface area contributed by atoms with Gasteiger partial charge in [0.05, 0.1) is 26.0 Å². The van der Waals surface area contributed by atoms with Gasteiger partial charge in [-0.25, -0.2) is 0 Å². The van der Waals surface area contributed by atoms with Crippen LogP contribution in [0.1, 0.15) is 46.7 Å². The number of benzene rings is 3. The first-order valence-corrected chi connectivity index (χ1v) is 14.0. The molecule has 1 unspecified atom stereocenters. The van der Waals surface area contributed by atoms with E-state index >= 15 is 0 Å². The summed E-state index contributed by atoms with van der Waals surface area (Å²) < 4.78 is 18.3. The van der Waals surface area contributed by atoms with Crippen molar-refractivity contribution in [1.82, 2.24) is 4.90 Å². The molecule has 39 heavy (non-hydrogen) atoms. The smallest absolute Gasteiger partial charge is 0.142 e. The molecule has 208 valence electrons. The summed E-state index contributed by atoms with van der Waals surface area (Å²) in [6.45, 7) is 14.2. The van der Waals surface area contributed by atoms with E-state index in [0.717, 1.165) is 79.3 Å². The predicted molar refractivity (Wildman–Crippen MR) is 156 cm³/mol. The SMILES string of the molecule is COc1ccccc1N1CCN(Cc2cccc(COCC3(C)CCc4c(C)c(O)c(C)c(C)c4O3)c2)CC1. The third-order valence-corrected chi connectivity index (χ3v) is 8.46. The number of para-hydroxylation sites is 2. The van der Waals surface area contributed by atoms with E-state index in [2.05, 4.69) is 53.1 Å². The van der Waals surface area contributed by atoms with Gasteiger partial charge < -0.3 is 24.2 Å². The van der Waals surface area contributed by atoms with Crippen molar-refractivity contribution >= 4 is 5.69 Å². The molecular formula is C33H42N2O4. The first kappa shape index (κ1) is 27.4. The molecule has 0 saturated carbocycles. The van der Waals surface area contributed by atoms with Gasteiger partial charge in [-0.05, 0) is 80.5 Å². The van der Waals surface area contributed by atoms with Crippen LogP contribution in [0.4, 0.5) is 5.69 Å². The molecule has 2 aliphatic heterocycles. The van der Waals surface area contributed by atoms with Gasteiger partial charge in [-0.15, -0.1) is 0 Å². The van der Waals surface area contributed by atoms with Crippen molar-refractivity contribution < 1.29 is 19.3 Å². The minimum absolute atomic E-state index is 0.383. The summed E-state index contributed by atoms with van der Waals surface area (Å²) in [5.74, 6) is 2.26. The standard InChI is InChI=1S/C33H42N2O4/c1-23-24(2)32-28(25(3)31(23)36)13-14-33(4,39-32)22-38-21-27-10-8-9-26(19-27)20-34-15-17-35(18-16-34)29-11-6-7-12-30(29)37-5/h6-12,19,36H,13-18,20-22H2,1-5H3. The molecule has 1 saturated heterocycles. The van der Waals surface area contributed by atoms with E-state index in [1.165, 1.54) is 16.8 Å². The average molecular weight is 531 g/mol. The number of rotatable bonds is 8. The van der Waals surface area contributed by atoms with Crippen LogP contribution >= 0.6 is 0 Å². The van der Waals surface area contributed by atoms with Crippen molar-refractivity contribution in [3.05, 3.63) is 81.9 Å². The molecule has 2 heterocycles. The summed E-state index contributed by atoms with van der Waals surface area (Å²) in [7, 11) is 1.74. The van der Waals surface area contributed by atoms with Gasteiger partial charge in [-0.1, -0.05) is 36.4 Å². The Bertz CT molecular complexity index is 1320. The van der Waals surface area contributed by atoms with Crippen LogP contribution in [-0.2, 0) is 24.3 Å². The molecule has 0 aromatic heterocycles. The number of nitrogens with zero attached hydrogens (tertiary/aromatic N) is 2. The van der Waals surface area contributed by atoms with Crippen LogP contribution in [0.25, 0.3) is 0 Å². The number of hydrogen-bond acceptors (Lipinski definition) is 6. The monoisotopic (exact) mass is 530 g/mol. The first-order chi connectivity index (χ1) is 18.8. The van der Waals surface area contributed by atoms with E-state index in [1.807, 2.05) is 32.9 Å². The number of phenolic OH excluding ortho intramolecular Hbond substituents is 1. The zero-order chi connectivity index (χ0) is 27.6. The van der Waals surface area contributed by atoms with Crippen molar-refractivity contribution in [2.45, 2.75) is 59.3 Å². The lowest BCUT2D eigenvalue weighted by Gasteiger charge is -2.37. The number of fused-ring (bicyclic) bond motifs is 1. The number of aromatic hydroxyl groups is 1. The molecular weight excluding hydrogens is 488 g/mol. The van der Waals surface area contributed by atoms with E-state index in [9.17, 15) is 5.11 Å². The maximum atomic E-state index is 10.5. The maximum Gasteiger partial charge on any atom is 0.142 e. The van der Waals surface area contributed by atoms with Crippen LogP contribution in [-0.4, -0.2) is 55.5 Å². The predicted octanol–water partition coefficient (Wildman–Crippen LogP) is 5.95. The molecule has 3 aromatic rings.